The Morgan fingerprint density at radius 2 is 2.13 bits per heavy atom. The normalized spacial score (nSPS) is 18.9. The first-order chi connectivity index (χ1) is 7.27. The number of piperazine rings is 1. The van der Waals surface area contributed by atoms with E-state index in [9.17, 15) is 5.11 Å². The van der Waals surface area contributed by atoms with E-state index in [1.54, 1.807) is 13.1 Å². The van der Waals surface area contributed by atoms with Gasteiger partial charge in [-0.15, -0.1) is 0 Å². The predicted octanol–water partition coefficient (Wildman–Crippen LogP) is 0.544. The molecule has 1 aromatic heterocycles. The van der Waals surface area contributed by atoms with Crippen LogP contribution in [0.15, 0.2) is 18.5 Å². The van der Waals surface area contributed by atoms with Crippen LogP contribution in [0.3, 0.4) is 0 Å². The number of hydrogen-bond acceptors (Lipinski definition) is 4. The van der Waals surface area contributed by atoms with E-state index in [4.69, 9.17) is 0 Å². The predicted molar refractivity (Wildman–Crippen MR) is 60.0 cm³/mol. The highest BCUT2D eigenvalue weighted by Gasteiger charge is 2.11. The van der Waals surface area contributed by atoms with Crippen LogP contribution in [0.2, 0.25) is 0 Å². The lowest BCUT2D eigenvalue weighted by atomic mass is 10.1. The monoisotopic (exact) mass is 207 g/mol. The van der Waals surface area contributed by atoms with E-state index in [0.29, 0.717) is 0 Å². The van der Waals surface area contributed by atoms with Gasteiger partial charge >= 0.3 is 0 Å². The Labute approximate surface area is 89.9 Å². The molecule has 2 rings (SSSR count). The number of anilines is 1. The van der Waals surface area contributed by atoms with Crippen LogP contribution in [0.1, 0.15) is 18.6 Å². The molecule has 4 nitrogen and oxygen atoms in total. The second kappa shape index (κ2) is 4.59. The molecule has 0 unspecified atom stereocenters. The van der Waals surface area contributed by atoms with Crippen molar-refractivity contribution >= 4 is 5.69 Å². The van der Waals surface area contributed by atoms with E-state index >= 15 is 0 Å². The molecule has 0 radical (unpaired) electrons. The minimum atomic E-state index is -0.444. The van der Waals surface area contributed by atoms with E-state index in [1.165, 1.54) is 0 Å². The summed E-state index contributed by atoms with van der Waals surface area (Å²) in [7, 11) is 0. The molecule has 2 heterocycles. The van der Waals surface area contributed by atoms with Crippen molar-refractivity contribution in [2.45, 2.75) is 13.0 Å². The average molecular weight is 207 g/mol. The lowest BCUT2D eigenvalue weighted by Crippen LogP contribution is -2.43. The number of rotatable bonds is 2. The maximum Gasteiger partial charge on any atom is 0.0777 e. The molecule has 1 aromatic rings. The highest BCUT2D eigenvalue weighted by molar-refractivity contribution is 5.46. The summed E-state index contributed by atoms with van der Waals surface area (Å²) in [6.07, 6.45) is 3.13. The van der Waals surface area contributed by atoms with Gasteiger partial charge in [0.1, 0.15) is 0 Å². The second-order valence-corrected chi connectivity index (χ2v) is 3.89. The lowest BCUT2D eigenvalue weighted by molar-refractivity contribution is 0.199. The maximum absolute atomic E-state index is 9.48. The Balaban J connectivity index is 2.16. The topological polar surface area (TPSA) is 48.4 Å². The molecule has 4 heteroatoms. The third-order valence-electron chi connectivity index (χ3n) is 2.71. The molecule has 1 fully saturated rings. The molecule has 1 aliphatic rings. The number of aliphatic hydroxyl groups is 1. The molecular formula is C11H17N3O. The average Bonchev–Trinajstić information content (AvgIpc) is 2.30. The van der Waals surface area contributed by atoms with Crippen LogP contribution >= 0.6 is 0 Å². The molecule has 0 amide bonds. The molecule has 1 aliphatic heterocycles. The van der Waals surface area contributed by atoms with Crippen molar-refractivity contribution < 1.29 is 5.11 Å². The van der Waals surface area contributed by atoms with Crippen LogP contribution in [0, 0.1) is 0 Å². The third-order valence-corrected chi connectivity index (χ3v) is 2.71. The van der Waals surface area contributed by atoms with Gasteiger partial charge in [-0.05, 0) is 13.0 Å². The van der Waals surface area contributed by atoms with Crippen molar-refractivity contribution in [3.05, 3.63) is 24.0 Å². The van der Waals surface area contributed by atoms with Crippen LogP contribution in [0.25, 0.3) is 0 Å². The van der Waals surface area contributed by atoms with E-state index in [-0.39, 0.29) is 0 Å². The molecule has 0 saturated carbocycles. The summed E-state index contributed by atoms with van der Waals surface area (Å²) in [5.74, 6) is 0. The van der Waals surface area contributed by atoms with E-state index < -0.39 is 6.10 Å². The van der Waals surface area contributed by atoms with Gasteiger partial charge in [0.2, 0.25) is 0 Å². The summed E-state index contributed by atoms with van der Waals surface area (Å²) >= 11 is 0. The van der Waals surface area contributed by atoms with Crippen LogP contribution < -0.4 is 10.2 Å². The fraction of sp³-hybridized carbons (Fsp3) is 0.545. The van der Waals surface area contributed by atoms with E-state index in [1.807, 2.05) is 12.3 Å². The Kier molecular flexibility index (Phi) is 3.18. The minimum absolute atomic E-state index is 0.444. The first-order valence-electron chi connectivity index (χ1n) is 5.36. The van der Waals surface area contributed by atoms with Crippen LogP contribution in [0.5, 0.6) is 0 Å². The molecule has 1 atom stereocenters. The van der Waals surface area contributed by atoms with Crippen molar-refractivity contribution in [2.24, 2.45) is 0 Å². The van der Waals surface area contributed by atoms with Gasteiger partial charge in [-0.25, -0.2) is 0 Å². The minimum Gasteiger partial charge on any atom is -0.389 e. The molecular weight excluding hydrogens is 190 g/mol. The number of hydrogen-bond donors (Lipinski definition) is 2. The van der Waals surface area contributed by atoms with Crippen LogP contribution in [-0.2, 0) is 0 Å². The zero-order chi connectivity index (χ0) is 10.7. The van der Waals surface area contributed by atoms with Gasteiger partial charge in [0.15, 0.2) is 0 Å². The van der Waals surface area contributed by atoms with Gasteiger partial charge < -0.3 is 15.3 Å². The van der Waals surface area contributed by atoms with Crippen molar-refractivity contribution in [1.29, 1.82) is 0 Å². The standard InChI is InChI=1S/C11H17N3O/c1-9(15)10-6-11(8-13-7-10)14-4-2-12-3-5-14/h6-9,12,15H,2-5H2,1H3/t9-/m0/s1. The van der Waals surface area contributed by atoms with Crippen LogP contribution in [0.4, 0.5) is 5.69 Å². The Morgan fingerprint density at radius 3 is 2.80 bits per heavy atom. The number of aliphatic hydroxyl groups excluding tert-OH is 1. The van der Waals surface area contributed by atoms with Gasteiger partial charge in [-0.2, -0.15) is 0 Å². The summed E-state index contributed by atoms with van der Waals surface area (Å²) < 4.78 is 0. The summed E-state index contributed by atoms with van der Waals surface area (Å²) in [5, 5.41) is 12.8. The molecule has 0 spiro atoms. The Hall–Kier alpha value is -1.13. The second-order valence-electron chi connectivity index (χ2n) is 3.89. The summed E-state index contributed by atoms with van der Waals surface area (Å²) in [5.41, 5.74) is 1.99. The third kappa shape index (κ3) is 2.46. The molecule has 0 bridgehead atoms. The fourth-order valence-electron chi connectivity index (χ4n) is 1.77. The summed E-state index contributed by atoms with van der Waals surface area (Å²) in [4.78, 5) is 6.45. The first kappa shape index (κ1) is 10.4. The zero-order valence-corrected chi connectivity index (χ0v) is 8.98. The molecule has 0 aliphatic carbocycles. The van der Waals surface area contributed by atoms with Crippen molar-refractivity contribution in [2.75, 3.05) is 31.1 Å². The Morgan fingerprint density at radius 1 is 1.40 bits per heavy atom. The molecule has 82 valence electrons. The van der Waals surface area contributed by atoms with Gasteiger partial charge in [0, 0.05) is 37.9 Å². The van der Waals surface area contributed by atoms with Gasteiger partial charge in [-0.1, -0.05) is 0 Å². The SMILES string of the molecule is C[C@H](O)c1cncc(N2CCNCC2)c1. The molecule has 15 heavy (non-hydrogen) atoms. The fourth-order valence-corrected chi connectivity index (χ4v) is 1.77. The smallest absolute Gasteiger partial charge is 0.0777 e. The number of pyridine rings is 1. The van der Waals surface area contributed by atoms with Crippen molar-refractivity contribution in [3.8, 4) is 0 Å². The van der Waals surface area contributed by atoms with Crippen LogP contribution in [-0.4, -0.2) is 36.3 Å². The highest BCUT2D eigenvalue weighted by Crippen LogP contribution is 2.19. The van der Waals surface area contributed by atoms with Gasteiger partial charge in [0.05, 0.1) is 18.0 Å². The quantitative estimate of drug-likeness (QED) is 0.743. The summed E-state index contributed by atoms with van der Waals surface area (Å²) in [6, 6.07) is 2.02. The Bertz CT molecular complexity index is 321. The number of nitrogens with one attached hydrogen (secondary N) is 1. The molecule has 0 aromatic carbocycles. The molecule has 2 N–H and O–H groups in total. The largest absolute Gasteiger partial charge is 0.389 e. The van der Waals surface area contributed by atoms with Gasteiger partial charge in [0.25, 0.3) is 0 Å². The molecule has 1 saturated heterocycles. The van der Waals surface area contributed by atoms with Crippen molar-refractivity contribution in [1.82, 2.24) is 10.3 Å². The number of aromatic nitrogens is 1. The maximum atomic E-state index is 9.48. The number of nitrogens with zero attached hydrogens (tertiary/aromatic N) is 2. The van der Waals surface area contributed by atoms with E-state index in [2.05, 4.69) is 15.2 Å². The summed E-state index contributed by atoms with van der Waals surface area (Å²) in [6.45, 7) is 5.80. The highest BCUT2D eigenvalue weighted by atomic mass is 16.3. The van der Waals surface area contributed by atoms with Crippen molar-refractivity contribution in [3.63, 3.8) is 0 Å². The lowest BCUT2D eigenvalue weighted by Gasteiger charge is -2.29. The first-order valence-corrected chi connectivity index (χ1v) is 5.36. The van der Waals surface area contributed by atoms with Gasteiger partial charge in [-0.3, -0.25) is 4.98 Å². The van der Waals surface area contributed by atoms with E-state index in [0.717, 1.165) is 37.4 Å². The zero-order valence-electron chi connectivity index (χ0n) is 8.98.